The van der Waals surface area contributed by atoms with Crippen LogP contribution in [-0.2, 0) is 11.3 Å². The number of ether oxygens (including phenoxy) is 1. The van der Waals surface area contributed by atoms with Crippen molar-refractivity contribution in [3.05, 3.63) is 32.5 Å². The van der Waals surface area contributed by atoms with E-state index in [1.165, 1.54) is 0 Å². The fourth-order valence-corrected chi connectivity index (χ4v) is 3.26. The second-order valence-electron chi connectivity index (χ2n) is 4.20. The average molecular weight is 392 g/mol. The smallest absolute Gasteiger partial charge is 0.356 e. The lowest BCUT2D eigenvalue weighted by molar-refractivity contribution is 0.0513. The van der Waals surface area contributed by atoms with Gasteiger partial charge in [-0.1, -0.05) is 18.5 Å². The molecule has 0 radical (unpaired) electrons. The lowest BCUT2D eigenvalue weighted by atomic mass is 10.2. The van der Waals surface area contributed by atoms with Crippen molar-refractivity contribution in [2.75, 3.05) is 6.61 Å². The first kappa shape index (κ1) is 14.7. The van der Waals surface area contributed by atoms with Gasteiger partial charge in [-0.2, -0.15) is 0 Å². The summed E-state index contributed by atoms with van der Waals surface area (Å²) in [7, 11) is 0. The number of aryl methyl sites for hydroxylation is 1. The molecule has 0 atom stereocenters. The van der Waals surface area contributed by atoms with Crippen LogP contribution in [0.5, 0.6) is 0 Å². The number of carbonyl (C=O) groups excluding carboxylic acids is 1. The Hall–Kier alpha value is -0.750. The van der Waals surface area contributed by atoms with Gasteiger partial charge in [0.2, 0.25) is 0 Å². The Bertz CT molecular complexity index is 621. The van der Waals surface area contributed by atoms with E-state index in [1.807, 2.05) is 29.7 Å². The molecule has 0 aliphatic carbocycles. The summed E-state index contributed by atoms with van der Waals surface area (Å²) in [6.45, 7) is 5.07. The number of esters is 1. The van der Waals surface area contributed by atoms with Crippen LogP contribution in [0.25, 0.3) is 10.9 Å². The van der Waals surface area contributed by atoms with E-state index < -0.39 is 0 Å². The summed E-state index contributed by atoms with van der Waals surface area (Å²) in [5.41, 5.74) is 1.65. The van der Waals surface area contributed by atoms with Crippen LogP contribution in [0.2, 0.25) is 5.02 Å². The molecule has 1 aromatic carbocycles. The predicted molar refractivity (Wildman–Crippen MR) is 85.9 cm³/mol. The number of benzene rings is 1. The number of hydrogen-bond donors (Lipinski definition) is 0. The third-order valence-corrected chi connectivity index (χ3v) is 4.21. The van der Waals surface area contributed by atoms with Crippen LogP contribution in [0.4, 0.5) is 0 Å². The maximum Gasteiger partial charge on any atom is 0.356 e. The molecular formula is C14H15ClINO2. The molecule has 2 rings (SSSR count). The Balaban J connectivity index is 2.69. The topological polar surface area (TPSA) is 31.2 Å². The van der Waals surface area contributed by atoms with Crippen molar-refractivity contribution < 1.29 is 9.53 Å². The van der Waals surface area contributed by atoms with Gasteiger partial charge in [0.1, 0.15) is 5.69 Å². The fraction of sp³-hybridized carbons (Fsp3) is 0.357. The Morgan fingerprint density at radius 2 is 2.16 bits per heavy atom. The third-order valence-electron chi connectivity index (χ3n) is 2.88. The van der Waals surface area contributed by atoms with Crippen molar-refractivity contribution in [1.29, 1.82) is 0 Å². The van der Waals surface area contributed by atoms with Gasteiger partial charge in [-0.25, -0.2) is 4.79 Å². The number of hydrogen-bond acceptors (Lipinski definition) is 2. The molecule has 0 aliphatic rings. The minimum Gasteiger partial charge on any atom is -0.461 e. The van der Waals surface area contributed by atoms with Crippen LogP contribution in [-0.4, -0.2) is 17.1 Å². The molecule has 3 nitrogen and oxygen atoms in total. The summed E-state index contributed by atoms with van der Waals surface area (Å²) in [5.74, 6) is -0.271. The molecule has 0 spiro atoms. The Labute approximate surface area is 131 Å². The van der Waals surface area contributed by atoms with Gasteiger partial charge < -0.3 is 9.30 Å². The molecule has 102 valence electrons. The Kier molecular flexibility index (Phi) is 4.73. The molecule has 2 aromatic rings. The standard InChI is InChI=1S/C14H15ClINO2/c1-3-7-17-11-6-5-9(15)8-10(11)12(16)13(17)14(18)19-4-2/h5-6,8H,3-4,7H2,1-2H3. The van der Waals surface area contributed by atoms with Gasteiger partial charge in [0.25, 0.3) is 0 Å². The van der Waals surface area contributed by atoms with Crippen molar-refractivity contribution in [2.24, 2.45) is 0 Å². The highest BCUT2D eigenvalue weighted by molar-refractivity contribution is 14.1. The molecule has 0 bridgehead atoms. The summed E-state index contributed by atoms with van der Waals surface area (Å²) in [4.78, 5) is 12.1. The van der Waals surface area contributed by atoms with Crippen molar-refractivity contribution in [1.82, 2.24) is 4.57 Å². The molecule has 0 fully saturated rings. The molecular weight excluding hydrogens is 377 g/mol. The van der Waals surface area contributed by atoms with E-state index in [1.54, 1.807) is 0 Å². The van der Waals surface area contributed by atoms with E-state index in [4.69, 9.17) is 16.3 Å². The minimum atomic E-state index is -0.271. The van der Waals surface area contributed by atoms with Gasteiger partial charge in [-0.15, -0.1) is 0 Å². The SMILES string of the molecule is CCCn1c(C(=O)OCC)c(I)c2cc(Cl)ccc21. The highest BCUT2D eigenvalue weighted by Gasteiger charge is 2.22. The number of halogens is 2. The van der Waals surface area contributed by atoms with E-state index >= 15 is 0 Å². The van der Waals surface area contributed by atoms with Crippen LogP contribution in [0.1, 0.15) is 30.8 Å². The predicted octanol–water partition coefficient (Wildman–Crippen LogP) is 4.49. The van der Waals surface area contributed by atoms with Crippen molar-refractivity contribution in [2.45, 2.75) is 26.8 Å². The van der Waals surface area contributed by atoms with Gasteiger partial charge in [0.05, 0.1) is 10.2 Å². The number of fused-ring (bicyclic) bond motifs is 1. The lowest BCUT2D eigenvalue weighted by Gasteiger charge is -2.08. The number of aromatic nitrogens is 1. The fourth-order valence-electron chi connectivity index (χ4n) is 2.14. The van der Waals surface area contributed by atoms with Crippen LogP contribution >= 0.6 is 34.2 Å². The molecule has 0 N–H and O–H groups in total. The van der Waals surface area contributed by atoms with Crippen LogP contribution in [0, 0.1) is 3.57 Å². The molecule has 0 saturated heterocycles. The van der Waals surface area contributed by atoms with E-state index in [9.17, 15) is 4.79 Å². The summed E-state index contributed by atoms with van der Waals surface area (Å²) in [6.07, 6.45) is 0.953. The van der Waals surface area contributed by atoms with Gasteiger partial charge in [0, 0.05) is 22.5 Å². The van der Waals surface area contributed by atoms with E-state index in [-0.39, 0.29) is 5.97 Å². The van der Waals surface area contributed by atoms with Gasteiger partial charge in [0.15, 0.2) is 0 Å². The van der Waals surface area contributed by atoms with E-state index in [0.29, 0.717) is 17.3 Å². The molecule has 1 heterocycles. The maximum atomic E-state index is 12.1. The number of rotatable bonds is 4. The molecule has 19 heavy (non-hydrogen) atoms. The second-order valence-corrected chi connectivity index (χ2v) is 5.71. The summed E-state index contributed by atoms with van der Waals surface area (Å²) in [6, 6.07) is 5.70. The zero-order valence-electron chi connectivity index (χ0n) is 10.9. The van der Waals surface area contributed by atoms with Crippen molar-refractivity contribution in [3.8, 4) is 0 Å². The first-order valence-corrected chi connectivity index (χ1v) is 7.70. The van der Waals surface area contributed by atoms with Crippen molar-refractivity contribution >= 4 is 51.1 Å². The van der Waals surface area contributed by atoms with Gasteiger partial charge in [-0.05, 0) is 54.1 Å². The largest absolute Gasteiger partial charge is 0.461 e. The minimum absolute atomic E-state index is 0.271. The first-order valence-electron chi connectivity index (χ1n) is 6.24. The zero-order chi connectivity index (χ0) is 14.0. The van der Waals surface area contributed by atoms with Crippen LogP contribution < -0.4 is 0 Å². The Morgan fingerprint density at radius 3 is 2.79 bits per heavy atom. The van der Waals surface area contributed by atoms with E-state index in [2.05, 4.69) is 29.5 Å². The molecule has 0 saturated carbocycles. The highest BCUT2D eigenvalue weighted by Crippen LogP contribution is 2.30. The average Bonchev–Trinajstić information content (AvgIpc) is 2.63. The molecule has 5 heteroatoms. The number of carbonyl (C=O) groups is 1. The van der Waals surface area contributed by atoms with Crippen LogP contribution in [0.15, 0.2) is 18.2 Å². The third kappa shape index (κ3) is 2.74. The van der Waals surface area contributed by atoms with Crippen LogP contribution in [0.3, 0.4) is 0 Å². The first-order chi connectivity index (χ1) is 9.10. The molecule has 0 unspecified atom stereocenters. The summed E-state index contributed by atoms with van der Waals surface area (Å²) in [5, 5.41) is 1.68. The monoisotopic (exact) mass is 391 g/mol. The summed E-state index contributed by atoms with van der Waals surface area (Å²) < 4.78 is 8.08. The molecule has 0 amide bonds. The summed E-state index contributed by atoms with van der Waals surface area (Å²) >= 11 is 8.23. The van der Waals surface area contributed by atoms with Crippen molar-refractivity contribution in [3.63, 3.8) is 0 Å². The quantitative estimate of drug-likeness (QED) is 0.568. The molecule has 0 aliphatic heterocycles. The van der Waals surface area contributed by atoms with Gasteiger partial charge >= 0.3 is 5.97 Å². The van der Waals surface area contributed by atoms with Gasteiger partial charge in [-0.3, -0.25) is 0 Å². The maximum absolute atomic E-state index is 12.1. The number of nitrogens with zero attached hydrogens (tertiary/aromatic N) is 1. The lowest BCUT2D eigenvalue weighted by Crippen LogP contribution is -2.13. The van der Waals surface area contributed by atoms with E-state index in [0.717, 1.165) is 27.4 Å². The highest BCUT2D eigenvalue weighted by atomic mass is 127. The normalized spacial score (nSPS) is 10.9. The second kappa shape index (κ2) is 6.13. The Morgan fingerprint density at radius 1 is 1.42 bits per heavy atom. The zero-order valence-corrected chi connectivity index (χ0v) is 13.8. The molecule has 1 aromatic heterocycles.